The number of carboxylic acids is 1. The summed E-state index contributed by atoms with van der Waals surface area (Å²) in [5, 5.41) is 21.4. The maximum atomic E-state index is 12.7. The van der Waals surface area contributed by atoms with Crippen LogP contribution in [0.1, 0.15) is 17.5 Å². The van der Waals surface area contributed by atoms with Gasteiger partial charge in [0.2, 0.25) is 0 Å². The lowest BCUT2D eigenvalue weighted by Crippen LogP contribution is -2.47. The van der Waals surface area contributed by atoms with Gasteiger partial charge in [0.05, 0.1) is 16.6 Å². The van der Waals surface area contributed by atoms with E-state index < -0.39 is 35.4 Å². The summed E-state index contributed by atoms with van der Waals surface area (Å²) in [5.74, 6) is -1.60. The molecule has 0 saturated heterocycles. The largest absolute Gasteiger partial charge is 0.545 e. The van der Waals surface area contributed by atoms with E-state index in [4.69, 9.17) is 11.6 Å². The predicted octanol–water partition coefficient (Wildman–Crippen LogP) is 0.911. The molecule has 1 aromatic rings. The molecule has 0 radical (unpaired) electrons. The van der Waals surface area contributed by atoms with Crippen molar-refractivity contribution < 1.29 is 33.0 Å². The van der Waals surface area contributed by atoms with Gasteiger partial charge >= 0.3 is 6.18 Å². The van der Waals surface area contributed by atoms with Crippen molar-refractivity contribution in [3.05, 3.63) is 39.9 Å². The van der Waals surface area contributed by atoms with Crippen molar-refractivity contribution in [3.63, 3.8) is 0 Å². The van der Waals surface area contributed by atoms with Gasteiger partial charge in [-0.15, -0.1) is 0 Å². The first-order valence-electron chi connectivity index (χ1n) is 6.37. The zero-order valence-corrected chi connectivity index (χ0v) is 12.2. The average molecular weight is 348 g/mol. The summed E-state index contributed by atoms with van der Waals surface area (Å²) in [6, 6.07) is 2.86. The fraction of sp³-hybridized carbons (Fsp3) is 0.286. The molecular formula is C14H9ClF3NO4-2. The molecule has 0 unspecified atom stereocenters. The number of halogens is 4. The van der Waals surface area contributed by atoms with Gasteiger partial charge in [-0.25, -0.2) is 0 Å². The molecule has 0 spiro atoms. The zero-order valence-electron chi connectivity index (χ0n) is 11.4. The van der Waals surface area contributed by atoms with Gasteiger partial charge in [-0.05, 0) is 35.3 Å². The molecule has 0 bridgehead atoms. The van der Waals surface area contributed by atoms with Crippen LogP contribution in [0.15, 0.2) is 23.8 Å². The molecule has 0 aliphatic carbocycles. The van der Waals surface area contributed by atoms with Crippen LogP contribution in [0.4, 0.5) is 18.0 Å². The Morgan fingerprint density at radius 1 is 1.22 bits per heavy atom. The molecule has 0 atom stereocenters. The van der Waals surface area contributed by atoms with E-state index in [2.05, 4.69) is 0 Å². The molecular weight excluding hydrogens is 339 g/mol. The van der Waals surface area contributed by atoms with Crippen LogP contribution in [0.3, 0.4) is 0 Å². The number of amides is 1. The van der Waals surface area contributed by atoms with Crippen molar-refractivity contribution >= 4 is 29.2 Å². The Labute approximate surface area is 133 Å². The third kappa shape index (κ3) is 3.58. The second-order valence-electron chi connectivity index (χ2n) is 4.87. The molecule has 0 N–H and O–H groups in total. The molecule has 0 aromatic heterocycles. The number of carbonyl (C=O) groups excluding carboxylic acids is 2. The van der Waals surface area contributed by atoms with E-state index in [1.807, 2.05) is 0 Å². The Morgan fingerprint density at radius 2 is 1.87 bits per heavy atom. The summed E-state index contributed by atoms with van der Waals surface area (Å²) in [5.41, 5.74) is -0.986. The Balaban J connectivity index is 2.47. The fourth-order valence-corrected chi connectivity index (χ4v) is 2.65. The SMILES string of the molecule is O=C([O-])C1=C(c2ccc(C(F)(F)F)c(Cl)c2)CCN(C(=O)[O-])C1. The number of hydrogen-bond acceptors (Lipinski definition) is 4. The number of alkyl halides is 3. The third-order valence-corrected chi connectivity index (χ3v) is 3.79. The second kappa shape index (κ2) is 6.11. The normalized spacial score (nSPS) is 15.7. The Hall–Kier alpha value is -2.22. The number of hydrogen-bond donors (Lipinski definition) is 0. The molecule has 23 heavy (non-hydrogen) atoms. The Kier molecular flexibility index (Phi) is 4.56. The van der Waals surface area contributed by atoms with Crippen LogP contribution < -0.4 is 10.2 Å². The van der Waals surface area contributed by atoms with Crippen molar-refractivity contribution in [3.8, 4) is 0 Å². The van der Waals surface area contributed by atoms with Crippen molar-refractivity contribution in [2.75, 3.05) is 13.1 Å². The highest BCUT2D eigenvalue weighted by Crippen LogP contribution is 2.37. The number of aliphatic carboxylic acids is 1. The first-order valence-corrected chi connectivity index (χ1v) is 6.75. The topological polar surface area (TPSA) is 83.5 Å². The molecule has 1 aromatic carbocycles. The average Bonchev–Trinajstić information content (AvgIpc) is 2.44. The van der Waals surface area contributed by atoms with Gasteiger partial charge in [-0.2, -0.15) is 13.2 Å². The van der Waals surface area contributed by atoms with Gasteiger partial charge in [0.15, 0.2) is 0 Å². The molecule has 1 heterocycles. The molecule has 0 saturated carbocycles. The lowest BCUT2D eigenvalue weighted by molar-refractivity contribution is -0.299. The van der Waals surface area contributed by atoms with Gasteiger partial charge in [-0.1, -0.05) is 17.7 Å². The maximum Gasteiger partial charge on any atom is 0.417 e. The summed E-state index contributed by atoms with van der Waals surface area (Å²) in [4.78, 5) is 22.8. The maximum absolute atomic E-state index is 12.7. The second-order valence-corrected chi connectivity index (χ2v) is 5.28. The van der Waals surface area contributed by atoms with E-state index in [0.717, 1.165) is 23.1 Å². The molecule has 1 amide bonds. The van der Waals surface area contributed by atoms with Crippen molar-refractivity contribution in [1.29, 1.82) is 0 Å². The summed E-state index contributed by atoms with van der Waals surface area (Å²) in [6.07, 6.45) is -6.16. The molecule has 1 aliphatic heterocycles. The molecule has 2 rings (SSSR count). The van der Waals surface area contributed by atoms with Gasteiger partial charge in [0.25, 0.3) is 0 Å². The number of carboxylic acid groups (broad SMARTS) is 2. The van der Waals surface area contributed by atoms with E-state index in [-0.39, 0.29) is 29.7 Å². The van der Waals surface area contributed by atoms with E-state index >= 15 is 0 Å². The number of nitrogens with zero attached hydrogens (tertiary/aromatic N) is 1. The highest BCUT2D eigenvalue weighted by Gasteiger charge is 2.33. The molecule has 124 valence electrons. The van der Waals surface area contributed by atoms with E-state index in [1.165, 1.54) is 0 Å². The summed E-state index contributed by atoms with van der Waals surface area (Å²) in [6.45, 7) is -0.494. The van der Waals surface area contributed by atoms with Gasteiger partial charge in [0.1, 0.15) is 6.09 Å². The third-order valence-electron chi connectivity index (χ3n) is 3.47. The van der Waals surface area contributed by atoms with Crippen LogP contribution in [0, 0.1) is 0 Å². The van der Waals surface area contributed by atoms with Gasteiger partial charge in [-0.3, -0.25) is 0 Å². The minimum atomic E-state index is -4.63. The van der Waals surface area contributed by atoms with E-state index in [9.17, 15) is 33.0 Å². The Bertz CT molecular complexity index is 700. The van der Waals surface area contributed by atoms with E-state index in [0.29, 0.717) is 0 Å². The molecule has 9 heteroatoms. The summed E-state index contributed by atoms with van der Waals surface area (Å²) in [7, 11) is 0. The molecule has 5 nitrogen and oxygen atoms in total. The van der Waals surface area contributed by atoms with Crippen LogP contribution >= 0.6 is 11.6 Å². The minimum Gasteiger partial charge on any atom is -0.545 e. The van der Waals surface area contributed by atoms with Crippen LogP contribution in [-0.4, -0.2) is 30.1 Å². The quantitative estimate of drug-likeness (QED) is 0.796. The van der Waals surface area contributed by atoms with Crippen LogP contribution in [0.25, 0.3) is 5.57 Å². The van der Waals surface area contributed by atoms with Crippen molar-refractivity contribution in [2.45, 2.75) is 12.6 Å². The number of rotatable bonds is 2. The zero-order chi connectivity index (χ0) is 17.4. The molecule has 0 fully saturated rings. The summed E-state index contributed by atoms with van der Waals surface area (Å²) >= 11 is 5.62. The fourth-order valence-electron chi connectivity index (χ4n) is 2.36. The number of carbonyl (C=O) groups is 2. The van der Waals surface area contributed by atoms with Crippen LogP contribution in [-0.2, 0) is 11.0 Å². The highest BCUT2D eigenvalue weighted by atomic mass is 35.5. The summed E-state index contributed by atoms with van der Waals surface area (Å²) < 4.78 is 38.1. The lowest BCUT2D eigenvalue weighted by Gasteiger charge is -2.33. The van der Waals surface area contributed by atoms with Crippen LogP contribution in [0.5, 0.6) is 0 Å². The van der Waals surface area contributed by atoms with Crippen molar-refractivity contribution in [2.24, 2.45) is 0 Å². The van der Waals surface area contributed by atoms with Crippen LogP contribution in [0.2, 0.25) is 5.02 Å². The predicted molar refractivity (Wildman–Crippen MR) is 70.0 cm³/mol. The van der Waals surface area contributed by atoms with E-state index in [1.54, 1.807) is 0 Å². The minimum absolute atomic E-state index is 0.00101. The lowest BCUT2D eigenvalue weighted by atomic mass is 9.93. The monoisotopic (exact) mass is 347 g/mol. The first-order chi connectivity index (χ1) is 10.6. The first kappa shape index (κ1) is 17.1. The standard InChI is InChI=1S/C14H11ClF3NO4/c15-11-5-7(1-2-10(11)14(16,17)18)8-3-4-19(13(22)23)6-9(8)12(20)21/h1-2,5H,3-4,6H2,(H,20,21)(H,22,23)/p-2. The van der Waals surface area contributed by atoms with Gasteiger partial charge < -0.3 is 24.7 Å². The Morgan fingerprint density at radius 3 is 2.35 bits per heavy atom. The number of benzene rings is 1. The van der Waals surface area contributed by atoms with Gasteiger partial charge in [0, 0.05) is 13.1 Å². The molecule has 1 aliphatic rings. The smallest absolute Gasteiger partial charge is 0.417 e. The van der Waals surface area contributed by atoms with Crippen molar-refractivity contribution in [1.82, 2.24) is 4.90 Å². The highest BCUT2D eigenvalue weighted by molar-refractivity contribution is 6.31.